The van der Waals surface area contributed by atoms with Gasteiger partial charge in [-0.15, -0.1) is 0 Å². The minimum Gasteiger partial charge on any atom is -0.220 e. The molecule has 0 fully saturated rings. The molecule has 0 aliphatic heterocycles. The molecule has 0 unspecified atom stereocenters. The molecule has 0 aromatic heterocycles. The molecular weight excluding hydrogens is 860 g/mol. The first-order chi connectivity index (χ1) is 14.9. The Morgan fingerprint density at radius 3 is 1.55 bits per heavy atom. The van der Waals surface area contributed by atoms with Gasteiger partial charge < -0.3 is 0 Å². The molecule has 3 rings (SSSR count). The molecule has 4 nitrogen and oxygen atoms in total. The van der Waals surface area contributed by atoms with Crippen LogP contribution in [0.25, 0.3) is 10.8 Å². The van der Waals surface area contributed by atoms with Gasteiger partial charge in [0.1, 0.15) is 0 Å². The molecule has 12 heteroatoms. The fourth-order valence-corrected chi connectivity index (χ4v) is 7.75. The Hall–Kier alpha value is 0.700. The number of rotatable bonds is 2. The van der Waals surface area contributed by atoms with Crippen molar-refractivity contribution in [3.05, 3.63) is 71.3 Å². The highest BCUT2D eigenvalue weighted by Crippen LogP contribution is 2.44. The minimum atomic E-state index is -3.53. The van der Waals surface area contributed by atoms with Crippen LogP contribution in [0.2, 0.25) is 0 Å². The second kappa shape index (κ2) is 11.0. The maximum Gasteiger partial charge on any atom is 0.239 e. The number of hydrogen-bond acceptors (Lipinski definition) is 4. The van der Waals surface area contributed by atoms with Gasteiger partial charge in [-0.3, -0.25) is 0 Å². The van der Waals surface area contributed by atoms with Crippen molar-refractivity contribution >= 4 is 126 Å². The standard InChI is InChI=1S/C12H9Br3O2S.C9H9Br3O2S/c1-8-3-2-4-9-7-10(5-6-11(8)9)18(16,17)12(13,14)15;1-6-3-4-8(5-7(6)2)15(13,14)9(10,11)12/h2-7H,1H3;3-5H,1-2H3. The molecule has 0 bridgehead atoms. The molecule has 180 valence electrons. The van der Waals surface area contributed by atoms with Crippen LogP contribution in [0.3, 0.4) is 0 Å². The summed E-state index contributed by atoms with van der Waals surface area (Å²) in [7, 11) is -7.00. The quantitative estimate of drug-likeness (QED) is 0.242. The number of aryl methyl sites for hydroxylation is 3. The lowest BCUT2D eigenvalue weighted by atomic mass is 10.1. The third kappa shape index (κ3) is 6.93. The van der Waals surface area contributed by atoms with Crippen LogP contribution in [0.15, 0.2) is 64.4 Å². The van der Waals surface area contributed by atoms with E-state index in [1.165, 1.54) is 0 Å². The first-order valence-electron chi connectivity index (χ1n) is 9.09. The predicted octanol–water partition coefficient (Wildman–Crippen LogP) is 8.59. The number of hydrogen-bond donors (Lipinski definition) is 0. The number of benzene rings is 3. The summed E-state index contributed by atoms with van der Waals surface area (Å²) < 4.78 is 45.8. The average Bonchev–Trinajstić information content (AvgIpc) is 2.68. The Morgan fingerprint density at radius 1 is 0.576 bits per heavy atom. The highest BCUT2D eigenvalue weighted by Gasteiger charge is 2.38. The Kier molecular flexibility index (Phi) is 9.96. The maximum absolute atomic E-state index is 12.2. The van der Waals surface area contributed by atoms with E-state index in [-0.39, 0.29) is 9.79 Å². The minimum absolute atomic E-state index is 0.256. The van der Waals surface area contributed by atoms with E-state index in [1.807, 2.05) is 45.0 Å². The Bertz CT molecular complexity index is 1390. The van der Waals surface area contributed by atoms with Crippen molar-refractivity contribution in [3.8, 4) is 0 Å². The van der Waals surface area contributed by atoms with Gasteiger partial charge in [0.05, 0.1) is 9.79 Å². The summed E-state index contributed by atoms with van der Waals surface area (Å²) in [5.41, 5.74) is 3.14. The monoisotopic (exact) mass is 872 g/mol. The summed E-state index contributed by atoms with van der Waals surface area (Å²) in [4.78, 5) is 0.530. The molecule has 0 atom stereocenters. The fourth-order valence-electron chi connectivity index (χ4n) is 2.74. The molecule has 3 aromatic carbocycles. The molecule has 3 aromatic rings. The van der Waals surface area contributed by atoms with E-state index in [4.69, 9.17) is 0 Å². The molecule has 0 saturated heterocycles. The molecule has 0 heterocycles. The Labute approximate surface area is 244 Å². The number of fused-ring (bicyclic) bond motifs is 1. The van der Waals surface area contributed by atoms with Gasteiger partial charge in [0.25, 0.3) is 0 Å². The van der Waals surface area contributed by atoms with Crippen molar-refractivity contribution < 1.29 is 16.8 Å². The maximum atomic E-state index is 12.2. The van der Waals surface area contributed by atoms with Gasteiger partial charge in [-0.2, -0.15) is 0 Å². The van der Waals surface area contributed by atoms with E-state index in [2.05, 4.69) is 95.6 Å². The lowest BCUT2D eigenvalue weighted by Gasteiger charge is -2.14. The van der Waals surface area contributed by atoms with Crippen molar-refractivity contribution in [2.24, 2.45) is 0 Å². The van der Waals surface area contributed by atoms with Crippen molar-refractivity contribution in [1.82, 2.24) is 0 Å². The van der Waals surface area contributed by atoms with Gasteiger partial charge in [0.2, 0.25) is 22.6 Å². The number of halogens is 6. The second-order valence-electron chi connectivity index (χ2n) is 7.10. The molecule has 0 aliphatic carbocycles. The van der Waals surface area contributed by atoms with Crippen LogP contribution in [-0.2, 0) is 19.7 Å². The molecule has 0 amide bonds. The third-order valence-corrected chi connectivity index (χ3v) is 15.4. The van der Waals surface area contributed by atoms with Gasteiger partial charge in [-0.05, 0) is 168 Å². The van der Waals surface area contributed by atoms with Gasteiger partial charge in [0, 0.05) is 0 Å². The number of alkyl halides is 6. The molecule has 0 saturated carbocycles. The summed E-state index contributed by atoms with van der Waals surface area (Å²) in [5, 5.41) is 1.97. The zero-order valence-corrected chi connectivity index (χ0v) is 28.6. The van der Waals surface area contributed by atoms with Crippen LogP contribution in [-0.4, -0.2) is 19.8 Å². The van der Waals surface area contributed by atoms with Gasteiger partial charge in [-0.1, -0.05) is 30.3 Å². The summed E-state index contributed by atoms with van der Waals surface area (Å²) in [6.45, 7) is 5.82. The highest BCUT2D eigenvalue weighted by molar-refractivity contribution is 9.42. The van der Waals surface area contributed by atoms with Gasteiger partial charge in [-0.25, -0.2) is 16.8 Å². The SMILES string of the molecule is Cc1ccc(S(=O)(=O)C(Br)(Br)Br)cc1C.Cc1cccc2cc(S(=O)(=O)C(Br)(Br)Br)ccc12. The average molecular weight is 878 g/mol. The summed E-state index contributed by atoms with van der Waals surface area (Å²) >= 11 is 18.3. The van der Waals surface area contributed by atoms with Crippen molar-refractivity contribution in [2.75, 3.05) is 0 Å². The van der Waals surface area contributed by atoms with E-state index in [9.17, 15) is 16.8 Å². The number of sulfone groups is 2. The molecule has 0 radical (unpaired) electrons. The largest absolute Gasteiger partial charge is 0.239 e. The third-order valence-electron chi connectivity index (χ3n) is 4.78. The van der Waals surface area contributed by atoms with E-state index in [0.29, 0.717) is 0 Å². The summed E-state index contributed by atoms with van der Waals surface area (Å²) in [6, 6.07) is 16.0. The van der Waals surface area contributed by atoms with Crippen LogP contribution in [0, 0.1) is 20.8 Å². The summed E-state index contributed by atoms with van der Waals surface area (Å²) in [5.74, 6) is 0. The topological polar surface area (TPSA) is 68.3 Å². The molecule has 33 heavy (non-hydrogen) atoms. The molecule has 0 spiro atoms. The summed E-state index contributed by atoms with van der Waals surface area (Å²) in [6.07, 6.45) is 0. The van der Waals surface area contributed by atoms with Crippen LogP contribution < -0.4 is 0 Å². The molecule has 0 N–H and O–H groups in total. The van der Waals surface area contributed by atoms with E-state index in [0.717, 1.165) is 27.5 Å². The van der Waals surface area contributed by atoms with Crippen molar-refractivity contribution in [1.29, 1.82) is 0 Å². The molecule has 0 aliphatic rings. The van der Waals surface area contributed by atoms with E-state index < -0.39 is 22.6 Å². The fraction of sp³-hybridized carbons (Fsp3) is 0.238. The first kappa shape index (κ1) is 29.9. The first-order valence-corrected chi connectivity index (χ1v) is 16.8. The van der Waals surface area contributed by atoms with Crippen LogP contribution in [0.1, 0.15) is 16.7 Å². The lowest BCUT2D eigenvalue weighted by molar-refractivity contribution is 0.597. The van der Waals surface area contributed by atoms with E-state index in [1.54, 1.807) is 30.3 Å². The molecular formula is C21H18Br6O4S2. The Balaban J connectivity index is 0.000000238. The smallest absolute Gasteiger partial charge is 0.220 e. The Morgan fingerprint density at radius 2 is 1.06 bits per heavy atom. The normalized spacial score (nSPS) is 12.9. The van der Waals surface area contributed by atoms with Gasteiger partial charge >= 0.3 is 0 Å². The zero-order chi connectivity index (χ0) is 25.4. The van der Waals surface area contributed by atoms with Crippen LogP contribution in [0.5, 0.6) is 0 Å². The van der Waals surface area contributed by atoms with Crippen molar-refractivity contribution in [2.45, 2.75) is 33.5 Å². The van der Waals surface area contributed by atoms with Crippen LogP contribution >= 0.6 is 95.6 Å². The van der Waals surface area contributed by atoms with Crippen LogP contribution in [0.4, 0.5) is 0 Å². The predicted molar refractivity (Wildman–Crippen MR) is 158 cm³/mol. The second-order valence-corrected chi connectivity index (χ2v) is 28.0. The van der Waals surface area contributed by atoms with Gasteiger partial charge in [0.15, 0.2) is 0 Å². The zero-order valence-electron chi connectivity index (χ0n) is 17.4. The van der Waals surface area contributed by atoms with E-state index >= 15 is 0 Å². The van der Waals surface area contributed by atoms with Crippen molar-refractivity contribution in [3.63, 3.8) is 0 Å². The lowest BCUT2D eigenvalue weighted by Crippen LogP contribution is -2.17. The highest BCUT2D eigenvalue weighted by atomic mass is 80.0.